The fourth-order valence-electron chi connectivity index (χ4n) is 3.60. The maximum absolute atomic E-state index is 11.2. The number of ether oxygens (including phenoxy) is 2. The summed E-state index contributed by atoms with van der Waals surface area (Å²) in [5.74, 6) is 0.270. The van der Waals surface area contributed by atoms with Crippen LogP contribution in [-0.4, -0.2) is 24.3 Å². The summed E-state index contributed by atoms with van der Waals surface area (Å²) in [6.45, 7) is 12.6. The zero-order valence-electron chi connectivity index (χ0n) is 16.4. The van der Waals surface area contributed by atoms with Crippen molar-refractivity contribution in [3.8, 4) is 0 Å². The Bertz CT molecular complexity index is 558. The van der Waals surface area contributed by atoms with Crippen molar-refractivity contribution < 1.29 is 14.3 Å². The number of epoxide rings is 1. The Morgan fingerprint density at radius 2 is 2.08 bits per heavy atom. The lowest BCUT2D eigenvalue weighted by Crippen LogP contribution is -2.11. The maximum Gasteiger partial charge on any atom is 0.302 e. The zero-order chi connectivity index (χ0) is 18.4. The molecular weight excluding hydrogens is 312 g/mol. The van der Waals surface area contributed by atoms with Crippen LogP contribution in [0.15, 0.2) is 35.5 Å². The Labute approximate surface area is 153 Å². The largest absolute Gasteiger partial charge is 0.461 e. The lowest BCUT2D eigenvalue weighted by atomic mass is 9.89. The van der Waals surface area contributed by atoms with E-state index in [-0.39, 0.29) is 11.6 Å². The standard InChI is InChI=1S/C22H34O3/c1-16(2)20-11-8-17(3)7-6-14-22(5)21(25-22)13-10-19(9-12-20)15-24-18(4)23/h7,9,20-21H,1,6,8,10-15H2,2-5H3/b17-7-,19-9-/t20-,21+,22-/m0/s1. The second-order valence-corrected chi connectivity index (χ2v) is 8.01. The van der Waals surface area contributed by atoms with Gasteiger partial charge in [0.05, 0.1) is 11.7 Å². The molecule has 25 heavy (non-hydrogen) atoms. The summed E-state index contributed by atoms with van der Waals surface area (Å²) in [7, 11) is 0. The SMILES string of the molecule is C=C(C)[C@@H]1C/C=C(\COC(C)=O)CC[C@H]2O[C@@]2(C)CC/C=C(/C)CC1. The lowest BCUT2D eigenvalue weighted by Gasteiger charge is -2.17. The third-order valence-electron chi connectivity index (χ3n) is 5.63. The summed E-state index contributed by atoms with van der Waals surface area (Å²) < 4.78 is 11.2. The summed E-state index contributed by atoms with van der Waals surface area (Å²) in [4.78, 5) is 11.2. The average Bonchev–Trinajstić information content (AvgIpc) is 3.18. The highest BCUT2D eigenvalue weighted by Gasteiger charge is 2.50. The van der Waals surface area contributed by atoms with Gasteiger partial charge < -0.3 is 9.47 Å². The minimum atomic E-state index is -0.218. The minimum Gasteiger partial charge on any atom is -0.461 e. The molecule has 0 aromatic heterocycles. The van der Waals surface area contributed by atoms with Crippen LogP contribution in [0, 0.1) is 5.92 Å². The van der Waals surface area contributed by atoms with E-state index in [1.807, 2.05) is 0 Å². The molecule has 0 N–H and O–H groups in total. The van der Waals surface area contributed by atoms with Crippen LogP contribution < -0.4 is 0 Å². The Hall–Kier alpha value is -1.35. The molecule has 0 aromatic rings. The molecule has 1 aliphatic heterocycles. The molecule has 3 heteroatoms. The fourth-order valence-corrected chi connectivity index (χ4v) is 3.60. The second kappa shape index (κ2) is 8.84. The van der Waals surface area contributed by atoms with Crippen molar-refractivity contribution in [1.29, 1.82) is 0 Å². The third kappa shape index (κ3) is 6.47. The van der Waals surface area contributed by atoms with Gasteiger partial charge in [0.25, 0.3) is 0 Å². The summed E-state index contributed by atoms with van der Waals surface area (Å²) >= 11 is 0. The predicted octanol–water partition coefficient (Wildman–Crippen LogP) is 5.52. The number of esters is 1. The predicted molar refractivity (Wildman–Crippen MR) is 102 cm³/mol. The van der Waals surface area contributed by atoms with Gasteiger partial charge in [-0.3, -0.25) is 4.79 Å². The van der Waals surface area contributed by atoms with Crippen molar-refractivity contribution in [2.75, 3.05) is 6.61 Å². The molecule has 0 amide bonds. The van der Waals surface area contributed by atoms with E-state index in [1.165, 1.54) is 23.6 Å². The highest BCUT2D eigenvalue weighted by atomic mass is 16.6. The normalized spacial score (nSPS) is 35.2. The van der Waals surface area contributed by atoms with E-state index in [0.717, 1.165) is 44.9 Å². The molecule has 3 nitrogen and oxygen atoms in total. The van der Waals surface area contributed by atoms with Gasteiger partial charge in [-0.25, -0.2) is 0 Å². The highest BCUT2D eigenvalue weighted by molar-refractivity contribution is 5.66. The smallest absolute Gasteiger partial charge is 0.302 e. The summed E-state index contributed by atoms with van der Waals surface area (Å²) in [6, 6.07) is 0. The van der Waals surface area contributed by atoms with E-state index in [9.17, 15) is 4.79 Å². The van der Waals surface area contributed by atoms with E-state index in [2.05, 4.69) is 39.5 Å². The number of rotatable bonds is 3. The van der Waals surface area contributed by atoms with Crippen LogP contribution >= 0.6 is 0 Å². The number of fused-ring (bicyclic) bond motifs is 1. The zero-order valence-corrected chi connectivity index (χ0v) is 16.4. The van der Waals surface area contributed by atoms with E-state index >= 15 is 0 Å². The lowest BCUT2D eigenvalue weighted by molar-refractivity contribution is -0.140. The maximum atomic E-state index is 11.2. The van der Waals surface area contributed by atoms with Crippen LogP contribution in [0.5, 0.6) is 0 Å². The van der Waals surface area contributed by atoms with Crippen molar-refractivity contribution >= 4 is 5.97 Å². The quantitative estimate of drug-likeness (QED) is 0.384. The van der Waals surface area contributed by atoms with Crippen molar-refractivity contribution in [3.05, 3.63) is 35.5 Å². The Morgan fingerprint density at radius 3 is 2.76 bits per heavy atom. The number of allylic oxidation sites excluding steroid dienone is 4. The molecule has 140 valence electrons. The first-order valence-corrected chi connectivity index (χ1v) is 9.60. The molecule has 0 bridgehead atoms. The van der Waals surface area contributed by atoms with E-state index in [0.29, 0.717) is 18.6 Å². The molecule has 0 aromatic carbocycles. The molecule has 1 heterocycles. The van der Waals surface area contributed by atoms with Crippen molar-refractivity contribution in [1.82, 2.24) is 0 Å². The first-order valence-electron chi connectivity index (χ1n) is 9.60. The third-order valence-corrected chi connectivity index (χ3v) is 5.63. The van der Waals surface area contributed by atoms with E-state index < -0.39 is 0 Å². The molecule has 2 aliphatic rings. The number of carbonyl (C=O) groups excluding carboxylic acids is 1. The number of hydrogen-bond donors (Lipinski definition) is 0. The Morgan fingerprint density at radius 1 is 1.32 bits per heavy atom. The molecule has 2 rings (SSSR count). The number of carbonyl (C=O) groups is 1. The van der Waals surface area contributed by atoms with Gasteiger partial charge in [0.1, 0.15) is 6.61 Å². The molecule has 1 aliphatic carbocycles. The molecular formula is C22H34O3. The molecule has 0 saturated carbocycles. The van der Waals surface area contributed by atoms with Crippen molar-refractivity contribution in [2.45, 2.75) is 84.3 Å². The van der Waals surface area contributed by atoms with E-state index in [1.54, 1.807) is 0 Å². The fraction of sp³-hybridized carbons (Fsp3) is 0.682. The summed E-state index contributed by atoms with van der Waals surface area (Å²) in [6.07, 6.45) is 12.3. The van der Waals surface area contributed by atoms with Crippen LogP contribution in [0.1, 0.15) is 72.6 Å². The van der Waals surface area contributed by atoms with Gasteiger partial charge in [0, 0.05) is 6.92 Å². The topological polar surface area (TPSA) is 38.8 Å². The minimum absolute atomic E-state index is 0.0354. The molecule has 3 atom stereocenters. The molecule has 0 radical (unpaired) electrons. The first kappa shape index (κ1) is 20.0. The average molecular weight is 347 g/mol. The van der Waals surface area contributed by atoms with Crippen molar-refractivity contribution in [3.63, 3.8) is 0 Å². The van der Waals surface area contributed by atoms with Gasteiger partial charge in [-0.2, -0.15) is 0 Å². The summed E-state index contributed by atoms with van der Waals surface area (Å²) in [5, 5.41) is 0. The van der Waals surface area contributed by atoms with Gasteiger partial charge in [-0.15, -0.1) is 0 Å². The van der Waals surface area contributed by atoms with Crippen LogP contribution in [0.2, 0.25) is 0 Å². The van der Waals surface area contributed by atoms with Gasteiger partial charge in [0.2, 0.25) is 0 Å². The number of hydrogen-bond acceptors (Lipinski definition) is 3. The van der Waals surface area contributed by atoms with Crippen molar-refractivity contribution in [2.24, 2.45) is 5.92 Å². The monoisotopic (exact) mass is 346 g/mol. The van der Waals surface area contributed by atoms with E-state index in [4.69, 9.17) is 9.47 Å². The Balaban J connectivity index is 2.09. The Kier molecular flexibility index (Phi) is 7.06. The first-order chi connectivity index (χ1) is 11.8. The molecule has 0 unspecified atom stereocenters. The summed E-state index contributed by atoms with van der Waals surface area (Å²) in [5.41, 5.74) is 3.95. The van der Waals surface area contributed by atoms with Gasteiger partial charge in [-0.1, -0.05) is 29.9 Å². The molecule has 1 fully saturated rings. The van der Waals surface area contributed by atoms with Gasteiger partial charge in [0.15, 0.2) is 0 Å². The van der Waals surface area contributed by atoms with Crippen LogP contribution in [0.4, 0.5) is 0 Å². The van der Waals surface area contributed by atoms with Crippen LogP contribution in [0.25, 0.3) is 0 Å². The van der Waals surface area contributed by atoms with Gasteiger partial charge in [-0.05, 0) is 77.2 Å². The van der Waals surface area contributed by atoms with Crippen LogP contribution in [0.3, 0.4) is 0 Å². The second-order valence-electron chi connectivity index (χ2n) is 8.01. The highest BCUT2D eigenvalue weighted by Crippen LogP contribution is 2.43. The van der Waals surface area contributed by atoms with Crippen LogP contribution in [-0.2, 0) is 14.3 Å². The molecule has 1 saturated heterocycles. The molecule has 0 spiro atoms. The van der Waals surface area contributed by atoms with Gasteiger partial charge >= 0.3 is 5.97 Å².